The average molecular weight is 132 g/mol. The molecule has 1 rings (SSSR count). The SMILES string of the molecule is N.NC1CCC=CS1. The number of allylic oxidation sites excluding steroid dienone is 1. The summed E-state index contributed by atoms with van der Waals surface area (Å²) >= 11 is 1.72. The van der Waals surface area contributed by atoms with E-state index in [-0.39, 0.29) is 6.15 Å². The summed E-state index contributed by atoms with van der Waals surface area (Å²) in [5, 5.41) is 2.44. The fourth-order valence-corrected chi connectivity index (χ4v) is 1.27. The molecule has 0 bridgehead atoms. The Bertz CT molecular complexity index is 82.5. The lowest BCUT2D eigenvalue weighted by Gasteiger charge is -2.09. The van der Waals surface area contributed by atoms with Crippen LogP contribution < -0.4 is 11.9 Å². The predicted molar refractivity (Wildman–Crippen MR) is 39.0 cm³/mol. The van der Waals surface area contributed by atoms with Crippen LogP contribution in [0.15, 0.2) is 11.5 Å². The summed E-state index contributed by atoms with van der Waals surface area (Å²) in [4.78, 5) is 0. The van der Waals surface area contributed by atoms with Crippen LogP contribution in [0, 0.1) is 0 Å². The zero-order chi connectivity index (χ0) is 5.11. The predicted octanol–water partition coefficient (Wildman–Crippen LogP) is 1.47. The molecule has 0 saturated carbocycles. The molecule has 0 radical (unpaired) electrons. The Morgan fingerprint density at radius 2 is 2.38 bits per heavy atom. The highest BCUT2D eigenvalue weighted by Gasteiger charge is 2.01. The van der Waals surface area contributed by atoms with Crippen LogP contribution in [0.2, 0.25) is 0 Å². The first-order chi connectivity index (χ1) is 3.39. The molecule has 1 atom stereocenters. The molecule has 48 valence electrons. The van der Waals surface area contributed by atoms with Crippen molar-refractivity contribution in [2.45, 2.75) is 18.2 Å². The van der Waals surface area contributed by atoms with Gasteiger partial charge in [0.05, 0.1) is 5.37 Å². The van der Waals surface area contributed by atoms with Gasteiger partial charge < -0.3 is 11.9 Å². The molecule has 0 aliphatic carbocycles. The molecule has 2 nitrogen and oxygen atoms in total. The molecule has 0 amide bonds. The normalized spacial score (nSPS) is 26.9. The van der Waals surface area contributed by atoms with Gasteiger partial charge >= 0.3 is 0 Å². The maximum Gasteiger partial charge on any atom is 0.0551 e. The molecule has 0 aromatic heterocycles. The third kappa shape index (κ3) is 2.35. The highest BCUT2D eigenvalue weighted by atomic mass is 32.2. The zero-order valence-corrected chi connectivity index (χ0v) is 5.66. The Labute approximate surface area is 54.1 Å². The second-order valence-corrected chi connectivity index (χ2v) is 2.77. The molecule has 0 aromatic rings. The van der Waals surface area contributed by atoms with Crippen molar-refractivity contribution in [1.29, 1.82) is 0 Å². The molecule has 0 saturated heterocycles. The average Bonchev–Trinajstić information content (AvgIpc) is 1.69. The molecule has 1 unspecified atom stereocenters. The molecule has 1 heterocycles. The van der Waals surface area contributed by atoms with Crippen molar-refractivity contribution in [2.75, 3.05) is 0 Å². The third-order valence-electron chi connectivity index (χ3n) is 0.967. The number of hydrogen-bond acceptors (Lipinski definition) is 3. The van der Waals surface area contributed by atoms with E-state index >= 15 is 0 Å². The monoisotopic (exact) mass is 132 g/mol. The quantitative estimate of drug-likeness (QED) is 0.524. The van der Waals surface area contributed by atoms with Crippen molar-refractivity contribution in [2.24, 2.45) is 5.73 Å². The number of rotatable bonds is 0. The van der Waals surface area contributed by atoms with Gasteiger partial charge in [-0.25, -0.2) is 0 Å². The Balaban J connectivity index is 0.000000490. The smallest absolute Gasteiger partial charge is 0.0551 e. The summed E-state index contributed by atoms with van der Waals surface area (Å²) in [6, 6.07) is 0. The molecule has 8 heavy (non-hydrogen) atoms. The van der Waals surface area contributed by atoms with Crippen molar-refractivity contribution in [1.82, 2.24) is 6.15 Å². The van der Waals surface area contributed by atoms with Gasteiger partial charge in [0.1, 0.15) is 0 Å². The van der Waals surface area contributed by atoms with Crippen molar-refractivity contribution in [3.8, 4) is 0 Å². The largest absolute Gasteiger partial charge is 0.344 e. The minimum Gasteiger partial charge on any atom is -0.344 e. The van der Waals surface area contributed by atoms with E-state index in [9.17, 15) is 0 Å². The van der Waals surface area contributed by atoms with Gasteiger partial charge in [-0.05, 0) is 18.2 Å². The molecule has 1 aliphatic heterocycles. The second-order valence-electron chi connectivity index (χ2n) is 1.62. The maximum absolute atomic E-state index is 5.55. The van der Waals surface area contributed by atoms with Crippen LogP contribution in [0.4, 0.5) is 0 Å². The van der Waals surface area contributed by atoms with Gasteiger partial charge in [0.25, 0.3) is 0 Å². The Hall–Kier alpha value is 0.01000. The van der Waals surface area contributed by atoms with Gasteiger partial charge in [0.2, 0.25) is 0 Å². The molecule has 0 aromatic carbocycles. The first-order valence-corrected chi connectivity index (χ1v) is 3.40. The minimum atomic E-state index is 0. The van der Waals surface area contributed by atoms with E-state index in [0.29, 0.717) is 5.37 Å². The van der Waals surface area contributed by atoms with Crippen LogP contribution in [-0.2, 0) is 0 Å². The summed E-state index contributed by atoms with van der Waals surface area (Å²) in [6.45, 7) is 0. The van der Waals surface area contributed by atoms with Crippen LogP contribution >= 0.6 is 11.8 Å². The Morgan fingerprint density at radius 1 is 1.62 bits per heavy atom. The molecular formula is C5H12N2S. The molecule has 3 heteroatoms. The Kier molecular flexibility index (Phi) is 3.95. The lowest BCUT2D eigenvalue weighted by molar-refractivity contribution is 0.800. The molecule has 0 spiro atoms. The van der Waals surface area contributed by atoms with Crippen LogP contribution in [0.3, 0.4) is 0 Å². The summed E-state index contributed by atoms with van der Waals surface area (Å²) in [7, 11) is 0. The fraction of sp³-hybridized carbons (Fsp3) is 0.600. The van der Waals surface area contributed by atoms with Crippen LogP contribution in [0.25, 0.3) is 0 Å². The third-order valence-corrected chi connectivity index (χ3v) is 1.90. The molecule has 1 aliphatic rings. The van der Waals surface area contributed by atoms with Crippen LogP contribution in [-0.4, -0.2) is 5.37 Å². The zero-order valence-electron chi connectivity index (χ0n) is 4.84. The fourth-order valence-electron chi connectivity index (χ4n) is 0.553. The van der Waals surface area contributed by atoms with Gasteiger partial charge in [0, 0.05) is 0 Å². The van der Waals surface area contributed by atoms with E-state index in [2.05, 4.69) is 11.5 Å². The topological polar surface area (TPSA) is 61.0 Å². The number of nitrogens with two attached hydrogens (primary N) is 1. The van der Waals surface area contributed by atoms with E-state index in [1.165, 1.54) is 0 Å². The van der Waals surface area contributed by atoms with Gasteiger partial charge in [-0.3, -0.25) is 0 Å². The minimum absolute atomic E-state index is 0. The van der Waals surface area contributed by atoms with Crippen LogP contribution in [0.1, 0.15) is 12.8 Å². The van der Waals surface area contributed by atoms with Crippen LogP contribution in [0.5, 0.6) is 0 Å². The Morgan fingerprint density at radius 3 is 2.62 bits per heavy atom. The summed E-state index contributed by atoms with van der Waals surface area (Å²) in [5.74, 6) is 0. The van der Waals surface area contributed by atoms with Gasteiger partial charge in [0.15, 0.2) is 0 Å². The maximum atomic E-state index is 5.55. The summed E-state index contributed by atoms with van der Waals surface area (Å²) < 4.78 is 0. The standard InChI is InChI=1S/C5H9NS.H3N/c6-5-3-1-2-4-7-5;/h2,4-5H,1,3,6H2;1H3. The first-order valence-electron chi connectivity index (χ1n) is 2.45. The van der Waals surface area contributed by atoms with Gasteiger partial charge in [-0.1, -0.05) is 6.08 Å². The lowest BCUT2D eigenvalue weighted by atomic mass is 10.3. The highest BCUT2D eigenvalue weighted by molar-refractivity contribution is 8.02. The number of thioether (sulfide) groups is 1. The summed E-state index contributed by atoms with van der Waals surface area (Å²) in [5.41, 5.74) is 5.55. The molecule has 5 N–H and O–H groups in total. The van der Waals surface area contributed by atoms with E-state index in [0.717, 1.165) is 12.8 Å². The van der Waals surface area contributed by atoms with Crippen molar-refractivity contribution >= 4 is 11.8 Å². The molecule has 0 fully saturated rings. The molecular weight excluding hydrogens is 120 g/mol. The van der Waals surface area contributed by atoms with E-state index < -0.39 is 0 Å². The van der Waals surface area contributed by atoms with Gasteiger partial charge in [-0.2, -0.15) is 0 Å². The number of hydrogen-bond donors (Lipinski definition) is 2. The lowest BCUT2D eigenvalue weighted by Crippen LogP contribution is -2.14. The summed E-state index contributed by atoms with van der Waals surface area (Å²) in [6.07, 6.45) is 4.46. The van der Waals surface area contributed by atoms with Crippen molar-refractivity contribution in [3.63, 3.8) is 0 Å². The van der Waals surface area contributed by atoms with E-state index in [1.807, 2.05) is 0 Å². The van der Waals surface area contributed by atoms with Crippen molar-refractivity contribution < 1.29 is 0 Å². The van der Waals surface area contributed by atoms with E-state index in [1.54, 1.807) is 11.8 Å². The van der Waals surface area contributed by atoms with Crippen molar-refractivity contribution in [3.05, 3.63) is 11.5 Å². The van der Waals surface area contributed by atoms with Gasteiger partial charge in [-0.15, -0.1) is 11.8 Å². The first kappa shape index (κ1) is 8.01. The van der Waals surface area contributed by atoms with E-state index in [4.69, 9.17) is 5.73 Å². The highest BCUT2D eigenvalue weighted by Crippen LogP contribution is 2.18. The second kappa shape index (κ2) is 3.95.